The summed E-state index contributed by atoms with van der Waals surface area (Å²) in [7, 11) is -4.40. The fourth-order valence-corrected chi connectivity index (χ4v) is 3.82. The van der Waals surface area contributed by atoms with Gasteiger partial charge in [0.1, 0.15) is 12.3 Å². The average Bonchev–Trinajstić information content (AvgIpc) is 3.29. The number of nitrogens with zero attached hydrogens (tertiary/aromatic N) is 1. The molecule has 0 spiro atoms. The maximum atomic E-state index is 12.2. The highest BCUT2D eigenvalue weighted by molar-refractivity contribution is 7.87. The molecule has 0 fully saturated rings. The third kappa shape index (κ3) is 4.81. The number of aryl methyl sites for hydroxylation is 1. The van der Waals surface area contributed by atoms with E-state index in [0.717, 1.165) is 16.0 Å². The standard InChI is InChI=1S/C11H9F3O3S.C11H9NO4/c1-7-3-2-4-9-8(7)5-6-10(9)17-18(15,16)11(12,13)14;1-16-9(13)6-12-10(14)7-4-2-3-5-8(7)11(12)15/h2-4,6H,5H2,1H3;2-5H,6H2,1H3. The molecule has 0 atom stereocenters. The van der Waals surface area contributed by atoms with Gasteiger partial charge in [-0.2, -0.15) is 21.6 Å². The molecule has 0 aromatic heterocycles. The summed E-state index contributed by atoms with van der Waals surface area (Å²) in [6.45, 7) is 1.46. The quantitative estimate of drug-likeness (QED) is 0.276. The van der Waals surface area contributed by atoms with Gasteiger partial charge in [0.15, 0.2) is 0 Å². The number of hydrogen-bond donors (Lipinski definition) is 0. The number of ether oxygens (including phenoxy) is 1. The Morgan fingerprint density at radius 2 is 1.56 bits per heavy atom. The molecule has 1 aliphatic carbocycles. The summed E-state index contributed by atoms with van der Waals surface area (Å²) in [6.07, 6.45) is 1.70. The van der Waals surface area contributed by atoms with Gasteiger partial charge in [-0.25, -0.2) is 0 Å². The maximum Gasteiger partial charge on any atom is 0.534 e. The molecular weight excluding hydrogens is 479 g/mol. The summed E-state index contributed by atoms with van der Waals surface area (Å²) in [5.74, 6) is -1.78. The molecule has 12 heteroatoms. The second-order valence-electron chi connectivity index (χ2n) is 7.17. The van der Waals surface area contributed by atoms with Gasteiger partial charge in [-0.1, -0.05) is 30.3 Å². The van der Waals surface area contributed by atoms with Crippen molar-refractivity contribution in [3.63, 3.8) is 0 Å². The van der Waals surface area contributed by atoms with E-state index in [1.54, 1.807) is 43.3 Å². The number of carbonyl (C=O) groups excluding carboxylic acids is 3. The van der Waals surface area contributed by atoms with E-state index >= 15 is 0 Å². The summed E-state index contributed by atoms with van der Waals surface area (Å²) in [5, 5.41) is 0. The maximum absolute atomic E-state index is 12.2. The number of allylic oxidation sites excluding steroid dienone is 1. The van der Waals surface area contributed by atoms with E-state index in [2.05, 4.69) is 8.92 Å². The normalized spacial score (nSPS) is 14.6. The van der Waals surface area contributed by atoms with E-state index in [1.807, 2.05) is 0 Å². The Balaban J connectivity index is 0.000000192. The van der Waals surface area contributed by atoms with Crippen LogP contribution in [0.15, 0.2) is 48.5 Å². The molecule has 8 nitrogen and oxygen atoms in total. The molecule has 0 unspecified atom stereocenters. The first-order valence-corrected chi connectivity index (χ1v) is 11.1. The molecule has 0 bridgehead atoms. The minimum atomic E-state index is -5.61. The van der Waals surface area contributed by atoms with Crippen LogP contribution in [0.4, 0.5) is 13.2 Å². The SMILES string of the molecule is COC(=O)CN1C(=O)c2ccccc2C1=O.Cc1cccc2c1CC=C2OS(=O)(=O)C(F)(F)F. The van der Waals surface area contributed by atoms with Gasteiger partial charge in [-0.3, -0.25) is 19.3 Å². The number of amides is 2. The van der Waals surface area contributed by atoms with Crippen LogP contribution >= 0.6 is 0 Å². The zero-order chi connectivity index (χ0) is 25.3. The first-order chi connectivity index (χ1) is 15.9. The number of alkyl halides is 3. The van der Waals surface area contributed by atoms with Crippen LogP contribution in [-0.4, -0.2) is 50.3 Å². The zero-order valence-corrected chi connectivity index (χ0v) is 18.7. The van der Waals surface area contributed by atoms with Gasteiger partial charge in [0.25, 0.3) is 11.8 Å². The Labute approximate surface area is 192 Å². The van der Waals surface area contributed by atoms with Crippen LogP contribution in [0, 0.1) is 6.92 Å². The Kier molecular flexibility index (Phi) is 6.82. The van der Waals surface area contributed by atoms with Gasteiger partial charge < -0.3 is 8.92 Å². The zero-order valence-electron chi connectivity index (χ0n) is 17.9. The van der Waals surface area contributed by atoms with Crippen molar-refractivity contribution in [1.82, 2.24) is 4.90 Å². The van der Waals surface area contributed by atoms with Gasteiger partial charge in [-0.05, 0) is 42.7 Å². The molecule has 1 aliphatic heterocycles. The minimum absolute atomic E-state index is 0.258. The number of fused-ring (bicyclic) bond motifs is 2. The highest BCUT2D eigenvalue weighted by Crippen LogP contribution is 2.35. The van der Waals surface area contributed by atoms with Crippen LogP contribution < -0.4 is 0 Å². The van der Waals surface area contributed by atoms with Crippen LogP contribution in [0.1, 0.15) is 37.4 Å². The summed E-state index contributed by atoms with van der Waals surface area (Å²) in [4.78, 5) is 35.4. The van der Waals surface area contributed by atoms with Crippen LogP contribution in [0.3, 0.4) is 0 Å². The van der Waals surface area contributed by atoms with E-state index in [0.29, 0.717) is 23.1 Å². The van der Waals surface area contributed by atoms with Crippen molar-refractivity contribution in [2.24, 2.45) is 0 Å². The van der Waals surface area contributed by atoms with E-state index < -0.39 is 33.4 Å². The number of hydrogen-bond acceptors (Lipinski definition) is 7. The molecule has 0 N–H and O–H groups in total. The van der Waals surface area contributed by atoms with Crippen LogP contribution in [0.25, 0.3) is 5.76 Å². The number of imide groups is 1. The minimum Gasteiger partial charge on any atom is -0.468 e. The number of rotatable bonds is 4. The summed E-state index contributed by atoms with van der Waals surface area (Å²) >= 11 is 0. The molecule has 4 rings (SSSR count). The lowest BCUT2D eigenvalue weighted by Gasteiger charge is -2.11. The fourth-order valence-electron chi connectivity index (χ4n) is 3.33. The highest BCUT2D eigenvalue weighted by Gasteiger charge is 2.49. The van der Waals surface area contributed by atoms with Crippen molar-refractivity contribution in [3.05, 3.63) is 76.4 Å². The van der Waals surface area contributed by atoms with E-state index in [4.69, 9.17) is 0 Å². The monoisotopic (exact) mass is 497 g/mol. The Bertz CT molecular complexity index is 1260. The number of benzene rings is 2. The Morgan fingerprint density at radius 1 is 1.00 bits per heavy atom. The smallest absolute Gasteiger partial charge is 0.468 e. The number of carbonyl (C=O) groups is 3. The van der Waals surface area contributed by atoms with Gasteiger partial charge in [0.2, 0.25) is 0 Å². The summed E-state index contributed by atoms with van der Waals surface area (Å²) in [6, 6.07) is 11.4. The van der Waals surface area contributed by atoms with Gasteiger partial charge >= 0.3 is 21.6 Å². The fraction of sp³-hybridized carbons (Fsp3) is 0.227. The topological polar surface area (TPSA) is 107 Å². The predicted octanol–water partition coefficient (Wildman–Crippen LogP) is 3.21. The molecule has 2 amide bonds. The average molecular weight is 497 g/mol. The Hall–Kier alpha value is -3.67. The first-order valence-electron chi connectivity index (χ1n) is 9.69. The van der Waals surface area contributed by atoms with E-state index in [-0.39, 0.29) is 12.3 Å². The van der Waals surface area contributed by atoms with Crippen LogP contribution in [-0.2, 0) is 30.3 Å². The summed E-state index contributed by atoms with van der Waals surface area (Å²) in [5.41, 5.74) is -2.70. The van der Waals surface area contributed by atoms with E-state index in [1.165, 1.54) is 19.3 Å². The molecule has 34 heavy (non-hydrogen) atoms. The lowest BCUT2D eigenvalue weighted by Crippen LogP contribution is -2.35. The lowest BCUT2D eigenvalue weighted by atomic mass is 10.0. The van der Waals surface area contributed by atoms with Crippen molar-refractivity contribution >= 4 is 33.7 Å². The molecule has 180 valence electrons. The molecule has 2 aromatic rings. The third-order valence-electron chi connectivity index (χ3n) is 5.04. The van der Waals surface area contributed by atoms with Crippen LogP contribution in [0.5, 0.6) is 0 Å². The largest absolute Gasteiger partial charge is 0.534 e. The first kappa shape index (κ1) is 25.0. The molecule has 2 aromatic carbocycles. The molecule has 0 radical (unpaired) electrons. The number of esters is 1. The van der Waals surface area contributed by atoms with Gasteiger partial charge in [0, 0.05) is 5.56 Å². The third-order valence-corrected chi connectivity index (χ3v) is 6.01. The second-order valence-corrected chi connectivity index (χ2v) is 8.71. The van der Waals surface area contributed by atoms with Crippen molar-refractivity contribution in [2.75, 3.05) is 13.7 Å². The van der Waals surface area contributed by atoms with Gasteiger partial charge in [0.05, 0.1) is 18.2 Å². The summed E-state index contributed by atoms with van der Waals surface area (Å²) < 4.78 is 67.0. The van der Waals surface area contributed by atoms with Crippen molar-refractivity contribution < 1.29 is 44.9 Å². The lowest BCUT2D eigenvalue weighted by molar-refractivity contribution is -0.140. The molecule has 1 heterocycles. The number of halogens is 3. The van der Waals surface area contributed by atoms with Crippen LogP contribution in [0.2, 0.25) is 0 Å². The van der Waals surface area contributed by atoms with E-state index in [9.17, 15) is 36.0 Å². The predicted molar refractivity (Wildman–Crippen MR) is 113 cm³/mol. The Morgan fingerprint density at radius 3 is 2.09 bits per heavy atom. The van der Waals surface area contributed by atoms with Crippen molar-refractivity contribution in [3.8, 4) is 0 Å². The molecule has 2 aliphatic rings. The van der Waals surface area contributed by atoms with Crippen molar-refractivity contribution in [1.29, 1.82) is 0 Å². The molecular formula is C22H18F3NO7S. The van der Waals surface area contributed by atoms with Crippen molar-refractivity contribution in [2.45, 2.75) is 18.9 Å². The number of methoxy groups -OCH3 is 1. The molecule has 0 saturated heterocycles. The highest BCUT2D eigenvalue weighted by atomic mass is 32.2. The van der Waals surface area contributed by atoms with Gasteiger partial charge in [-0.15, -0.1) is 0 Å². The second kappa shape index (κ2) is 9.29. The molecule has 0 saturated carbocycles.